The Morgan fingerprint density at radius 3 is 2.67 bits per heavy atom. The molecule has 5 nitrogen and oxygen atoms in total. The summed E-state index contributed by atoms with van der Waals surface area (Å²) in [6.45, 7) is 0. The number of anilines is 1. The topological polar surface area (TPSA) is 75.1 Å². The Balaban J connectivity index is 1.92. The summed E-state index contributed by atoms with van der Waals surface area (Å²) >= 11 is 0. The Bertz CT molecular complexity index is 458. The standard InChI is InChI=1S/C10H10F3N3O2/c11-10(12,13)5-3-6(4-5)15-9-14-2-1-7(16-9)8(17)18/h1-2,5-6H,3-4H2,(H,17,18)(H,14,15,16). The van der Waals surface area contributed by atoms with Crippen LogP contribution in [0.2, 0.25) is 0 Å². The fraction of sp³-hybridized carbons (Fsp3) is 0.500. The molecule has 98 valence electrons. The van der Waals surface area contributed by atoms with Gasteiger partial charge < -0.3 is 10.4 Å². The first kappa shape index (κ1) is 12.6. The predicted octanol–water partition coefficient (Wildman–Crippen LogP) is 1.93. The molecule has 2 rings (SSSR count). The Morgan fingerprint density at radius 2 is 2.11 bits per heavy atom. The maximum atomic E-state index is 12.2. The van der Waals surface area contributed by atoms with Crippen molar-refractivity contribution in [3.8, 4) is 0 Å². The first-order valence-electron chi connectivity index (χ1n) is 5.26. The molecule has 1 aromatic heterocycles. The van der Waals surface area contributed by atoms with Gasteiger partial charge >= 0.3 is 12.1 Å². The molecule has 0 amide bonds. The van der Waals surface area contributed by atoms with Crippen LogP contribution in [0, 0.1) is 5.92 Å². The third-order valence-electron chi connectivity index (χ3n) is 2.81. The fourth-order valence-electron chi connectivity index (χ4n) is 1.73. The Labute approximate surface area is 100 Å². The summed E-state index contributed by atoms with van der Waals surface area (Å²) in [5.74, 6) is -2.46. The summed E-state index contributed by atoms with van der Waals surface area (Å²) in [6, 6.07) is 0.855. The lowest BCUT2D eigenvalue weighted by Crippen LogP contribution is -2.43. The maximum Gasteiger partial charge on any atom is 0.391 e. The summed E-state index contributed by atoms with van der Waals surface area (Å²) in [7, 11) is 0. The van der Waals surface area contributed by atoms with Gasteiger partial charge in [-0.2, -0.15) is 13.2 Å². The highest BCUT2D eigenvalue weighted by Gasteiger charge is 2.47. The molecule has 0 aliphatic heterocycles. The van der Waals surface area contributed by atoms with Crippen LogP contribution in [0.25, 0.3) is 0 Å². The molecule has 1 aromatic rings. The average Bonchev–Trinajstić information content (AvgIpc) is 2.21. The highest BCUT2D eigenvalue weighted by molar-refractivity contribution is 5.85. The summed E-state index contributed by atoms with van der Waals surface area (Å²) in [6.07, 6.45) is -2.99. The number of rotatable bonds is 3. The molecule has 8 heteroatoms. The van der Waals surface area contributed by atoms with Crippen LogP contribution in [0.4, 0.5) is 19.1 Å². The van der Waals surface area contributed by atoms with E-state index < -0.39 is 18.1 Å². The van der Waals surface area contributed by atoms with Gasteiger partial charge in [0.1, 0.15) is 0 Å². The second-order valence-corrected chi connectivity index (χ2v) is 4.12. The first-order chi connectivity index (χ1) is 8.36. The lowest BCUT2D eigenvalue weighted by Gasteiger charge is -2.36. The van der Waals surface area contributed by atoms with E-state index in [2.05, 4.69) is 15.3 Å². The first-order valence-corrected chi connectivity index (χ1v) is 5.26. The zero-order valence-corrected chi connectivity index (χ0v) is 9.11. The van der Waals surface area contributed by atoms with Gasteiger partial charge in [-0.3, -0.25) is 0 Å². The van der Waals surface area contributed by atoms with E-state index in [4.69, 9.17) is 5.11 Å². The molecular formula is C10H10F3N3O2. The molecular weight excluding hydrogens is 251 g/mol. The lowest BCUT2D eigenvalue weighted by molar-refractivity contribution is -0.195. The van der Waals surface area contributed by atoms with E-state index >= 15 is 0 Å². The number of halogens is 3. The third-order valence-corrected chi connectivity index (χ3v) is 2.81. The van der Waals surface area contributed by atoms with Gasteiger partial charge in [-0.1, -0.05) is 0 Å². The van der Waals surface area contributed by atoms with Crippen molar-refractivity contribution in [2.45, 2.75) is 25.1 Å². The van der Waals surface area contributed by atoms with Gasteiger partial charge in [-0.25, -0.2) is 14.8 Å². The SMILES string of the molecule is O=C(O)c1ccnc(NC2CC(C(F)(F)F)C2)n1. The van der Waals surface area contributed by atoms with Crippen LogP contribution in [0.1, 0.15) is 23.3 Å². The average molecular weight is 261 g/mol. The number of carboxylic acid groups (broad SMARTS) is 1. The van der Waals surface area contributed by atoms with E-state index in [1.54, 1.807) is 0 Å². The number of hydrogen-bond donors (Lipinski definition) is 2. The molecule has 0 saturated heterocycles. The molecule has 18 heavy (non-hydrogen) atoms. The third kappa shape index (κ3) is 2.69. The summed E-state index contributed by atoms with van der Waals surface area (Å²) < 4.78 is 36.7. The molecule has 1 aliphatic rings. The van der Waals surface area contributed by atoms with Crippen molar-refractivity contribution in [2.24, 2.45) is 5.92 Å². The van der Waals surface area contributed by atoms with E-state index in [1.807, 2.05) is 0 Å². The van der Waals surface area contributed by atoms with Gasteiger partial charge in [0.2, 0.25) is 5.95 Å². The smallest absolute Gasteiger partial charge is 0.391 e. The zero-order chi connectivity index (χ0) is 13.3. The summed E-state index contributed by atoms with van der Waals surface area (Å²) in [5.41, 5.74) is -0.195. The molecule has 2 N–H and O–H groups in total. The van der Waals surface area contributed by atoms with Crippen LogP contribution in [-0.2, 0) is 0 Å². The summed E-state index contributed by atoms with van der Waals surface area (Å²) in [5, 5.41) is 11.4. The number of alkyl halides is 3. The fourth-order valence-corrected chi connectivity index (χ4v) is 1.73. The minimum absolute atomic E-state index is 0.0375. The number of carbonyl (C=O) groups is 1. The molecule has 1 heterocycles. The second-order valence-electron chi connectivity index (χ2n) is 4.12. The van der Waals surface area contributed by atoms with Gasteiger partial charge in [0, 0.05) is 12.2 Å². The second kappa shape index (κ2) is 4.43. The molecule has 1 saturated carbocycles. The van der Waals surface area contributed by atoms with E-state index in [1.165, 1.54) is 12.3 Å². The van der Waals surface area contributed by atoms with Crippen LogP contribution in [0.15, 0.2) is 12.3 Å². The van der Waals surface area contributed by atoms with Crippen molar-refractivity contribution in [1.82, 2.24) is 9.97 Å². The number of nitrogens with zero attached hydrogens (tertiary/aromatic N) is 2. The van der Waals surface area contributed by atoms with E-state index in [0.29, 0.717) is 0 Å². The lowest BCUT2D eigenvalue weighted by atomic mass is 9.80. The van der Waals surface area contributed by atoms with Gasteiger partial charge in [0.05, 0.1) is 5.92 Å². The van der Waals surface area contributed by atoms with Gasteiger partial charge in [0.25, 0.3) is 0 Å². The molecule has 0 atom stereocenters. The molecule has 0 aromatic carbocycles. The van der Waals surface area contributed by atoms with Crippen molar-refractivity contribution in [3.05, 3.63) is 18.0 Å². The number of hydrogen-bond acceptors (Lipinski definition) is 4. The summed E-state index contributed by atoms with van der Waals surface area (Å²) in [4.78, 5) is 18.1. The Morgan fingerprint density at radius 1 is 1.44 bits per heavy atom. The molecule has 1 fully saturated rings. The van der Waals surface area contributed by atoms with E-state index in [9.17, 15) is 18.0 Å². The van der Waals surface area contributed by atoms with E-state index in [-0.39, 0.29) is 30.5 Å². The normalized spacial score (nSPS) is 23.3. The maximum absolute atomic E-state index is 12.2. The number of aromatic carboxylic acids is 1. The Hall–Kier alpha value is -1.86. The Kier molecular flexibility index (Phi) is 3.10. The molecule has 0 bridgehead atoms. The van der Waals surface area contributed by atoms with Gasteiger partial charge in [-0.05, 0) is 18.9 Å². The number of carboxylic acids is 1. The van der Waals surface area contributed by atoms with Crippen molar-refractivity contribution in [3.63, 3.8) is 0 Å². The largest absolute Gasteiger partial charge is 0.477 e. The van der Waals surface area contributed by atoms with Crippen molar-refractivity contribution >= 4 is 11.9 Å². The number of aromatic nitrogens is 2. The van der Waals surface area contributed by atoms with Crippen LogP contribution in [-0.4, -0.2) is 33.3 Å². The van der Waals surface area contributed by atoms with Crippen LogP contribution in [0.3, 0.4) is 0 Å². The zero-order valence-electron chi connectivity index (χ0n) is 9.11. The van der Waals surface area contributed by atoms with Crippen molar-refractivity contribution in [1.29, 1.82) is 0 Å². The minimum atomic E-state index is -4.16. The number of nitrogens with one attached hydrogen (secondary N) is 1. The molecule has 0 radical (unpaired) electrons. The molecule has 1 aliphatic carbocycles. The van der Waals surface area contributed by atoms with Crippen molar-refractivity contribution < 1.29 is 23.1 Å². The monoisotopic (exact) mass is 261 g/mol. The van der Waals surface area contributed by atoms with Crippen molar-refractivity contribution in [2.75, 3.05) is 5.32 Å². The van der Waals surface area contributed by atoms with Crippen LogP contribution < -0.4 is 5.32 Å². The minimum Gasteiger partial charge on any atom is -0.477 e. The predicted molar refractivity (Wildman–Crippen MR) is 55.2 cm³/mol. The molecule has 0 unspecified atom stereocenters. The van der Waals surface area contributed by atoms with Gasteiger partial charge in [-0.15, -0.1) is 0 Å². The van der Waals surface area contributed by atoms with Crippen LogP contribution in [0.5, 0.6) is 0 Å². The highest BCUT2D eigenvalue weighted by atomic mass is 19.4. The quantitative estimate of drug-likeness (QED) is 0.869. The van der Waals surface area contributed by atoms with Gasteiger partial charge in [0.15, 0.2) is 5.69 Å². The molecule has 0 spiro atoms. The highest BCUT2D eigenvalue weighted by Crippen LogP contribution is 2.41. The van der Waals surface area contributed by atoms with E-state index in [0.717, 1.165) is 0 Å². The van der Waals surface area contributed by atoms with Crippen LogP contribution >= 0.6 is 0 Å².